The molecule has 0 aliphatic carbocycles. The molecular weight excluding hydrogens is 416 g/mol. The molecule has 0 atom stereocenters. The van der Waals surface area contributed by atoms with E-state index in [4.69, 9.17) is 9.47 Å². The topological polar surface area (TPSA) is 84.9 Å². The van der Waals surface area contributed by atoms with Gasteiger partial charge in [0.25, 0.3) is 5.91 Å². The Morgan fingerprint density at radius 1 is 1.06 bits per heavy atom. The number of hydrogen-bond acceptors (Lipinski definition) is 8. The van der Waals surface area contributed by atoms with Crippen LogP contribution in [0.1, 0.15) is 10.5 Å². The highest BCUT2D eigenvalue weighted by molar-refractivity contribution is 7.13. The Morgan fingerprint density at radius 2 is 1.84 bits per heavy atom. The number of methoxy groups -OCH3 is 1. The number of hydrogen-bond donors (Lipinski definition) is 0. The lowest BCUT2D eigenvalue weighted by molar-refractivity contribution is -0.134. The van der Waals surface area contributed by atoms with Gasteiger partial charge in [-0.3, -0.25) is 4.79 Å². The highest BCUT2D eigenvalue weighted by Crippen LogP contribution is 2.26. The van der Waals surface area contributed by atoms with Gasteiger partial charge in [0.05, 0.1) is 7.11 Å². The molecule has 2 aromatic heterocycles. The SMILES string of the molecule is COc1ccc(-c2nc(C(=O)OCC(=O)N3CCN(c4ccccn4)CC3)cs2)cc1. The molecule has 9 heteroatoms. The number of rotatable bonds is 6. The van der Waals surface area contributed by atoms with E-state index in [1.54, 1.807) is 23.6 Å². The molecule has 0 spiro atoms. The van der Waals surface area contributed by atoms with Crippen molar-refractivity contribution in [2.24, 2.45) is 0 Å². The van der Waals surface area contributed by atoms with E-state index in [1.807, 2.05) is 42.5 Å². The summed E-state index contributed by atoms with van der Waals surface area (Å²) in [6, 6.07) is 13.2. The largest absolute Gasteiger partial charge is 0.497 e. The summed E-state index contributed by atoms with van der Waals surface area (Å²) >= 11 is 1.35. The Kier molecular flexibility index (Phi) is 6.42. The van der Waals surface area contributed by atoms with Crippen LogP contribution in [0, 0.1) is 0 Å². The van der Waals surface area contributed by atoms with E-state index < -0.39 is 5.97 Å². The molecule has 0 radical (unpaired) electrons. The van der Waals surface area contributed by atoms with Crippen LogP contribution in [-0.4, -0.2) is 66.6 Å². The van der Waals surface area contributed by atoms with E-state index in [0.717, 1.165) is 17.1 Å². The summed E-state index contributed by atoms with van der Waals surface area (Å²) < 4.78 is 10.4. The molecule has 4 rings (SSSR count). The van der Waals surface area contributed by atoms with Crippen molar-refractivity contribution in [1.82, 2.24) is 14.9 Å². The van der Waals surface area contributed by atoms with Gasteiger partial charge in [-0.1, -0.05) is 6.07 Å². The van der Waals surface area contributed by atoms with Crippen molar-refractivity contribution < 1.29 is 19.1 Å². The number of nitrogens with zero attached hydrogens (tertiary/aromatic N) is 4. The van der Waals surface area contributed by atoms with Gasteiger partial charge in [-0.05, 0) is 36.4 Å². The van der Waals surface area contributed by atoms with Crippen LogP contribution in [-0.2, 0) is 9.53 Å². The number of anilines is 1. The molecular formula is C22H22N4O4S. The number of amides is 1. The molecule has 3 heterocycles. The number of piperazine rings is 1. The minimum atomic E-state index is -0.600. The van der Waals surface area contributed by atoms with E-state index in [2.05, 4.69) is 14.9 Å². The number of thiazole rings is 1. The first-order valence-electron chi connectivity index (χ1n) is 9.85. The molecule has 3 aromatic rings. The average Bonchev–Trinajstić information content (AvgIpc) is 3.33. The lowest BCUT2D eigenvalue weighted by atomic mass is 10.2. The lowest BCUT2D eigenvalue weighted by Crippen LogP contribution is -2.50. The zero-order valence-corrected chi connectivity index (χ0v) is 17.9. The van der Waals surface area contributed by atoms with Crippen molar-refractivity contribution in [2.75, 3.05) is 44.8 Å². The molecule has 1 aliphatic heterocycles. The van der Waals surface area contributed by atoms with E-state index in [1.165, 1.54) is 11.3 Å². The second-order valence-corrected chi connectivity index (χ2v) is 7.76. The third kappa shape index (κ3) is 5.00. The first-order chi connectivity index (χ1) is 15.1. The quantitative estimate of drug-likeness (QED) is 0.547. The maximum atomic E-state index is 12.4. The van der Waals surface area contributed by atoms with Crippen molar-refractivity contribution in [3.63, 3.8) is 0 Å². The molecule has 1 amide bonds. The molecule has 8 nitrogen and oxygen atoms in total. The molecule has 160 valence electrons. The highest BCUT2D eigenvalue weighted by atomic mass is 32.1. The van der Waals surface area contributed by atoms with Gasteiger partial charge in [0.2, 0.25) is 0 Å². The summed E-state index contributed by atoms with van der Waals surface area (Å²) in [5.74, 6) is 0.840. The number of carbonyl (C=O) groups is 2. The molecule has 0 unspecified atom stereocenters. The van der Waals surface area contributed by atoms with Gasteiger partial charge in [0.15, 0.2) is 12.3 Å². The fourth-order valence-corrected chi connectivity index (χ4v) is 4.05. The lowest BCUT2D eigenvalue weighted by Gasteiger charge is -2.35. The molecule has 1 fully saturated rings. The van der Waals surface area contributed by atoms with Gasteiger partial charge in [-0.15, -0.1) is 11.3 Å². The van der Waals surface area contributed by atoms with Crippen LogP contribution in [0.2, 0.25) is 0 Å². The van der Waals surface area contributed by atoms with Gasteiger partial charge in [0.1, 0.15) is 16.6 Å². The fourth-order valence-electron chi connectivity index (χ4n) is 3.25. The molecule has 1 saturated heterocycles. The predicted octanol–water partition coefficient (Wildman–Crippen LogP) is 2.72. The maximum Gasteiger partial charge on any atom is 0.358 e. The van der Waals surface area contributed by atoms with Crippen LogP contribution in [0.5, 0.6) is 5.75 Å². The number of aromatic nitrogens is 2. The molecule has 31 heavy (non-hydrogen) atoms. The predicted molar refractivity (Wildman–Crippen MR) is 117 cm³/mol. The summed E-state index contributed by atoms with van der Waals surface area (Å²) in [6.07, 6.45) is 1.75. The second-order valence-electron chi connectivity index (χ2n) is 6.90. The van der Waals surface area contributed by atoms with E-state index in [0.29, 0.717) is 31.2 Å². The van der Waals surface area contributed by atoms with Crippen LogP contribution in [0.3, 0.4) is 0 Å². The average molecular weight is 439 g/mol. The number of pyridine rings is 1. The van der Waals surface area contributed by atoms with Crippen LogP contribution in [0.4, 0.5) is 5.82 Å². The number of benzene rings is 1. The van der Waals surface area contributed by atoms with Crippen molar-refractivity contribution in [3.8, 4) is 16.3 Å². The summed E-state index contributed by atoms with van der Waals surface area (Å²) in [4.78, 5) is 37.3. The zero-order chi connectivity index (χ0) is 21.6. The van der Waals surface area contributed by atoms with Crippen LogP contribution in [0.25, 0.3) is 10.6 Å². The fraction of sp³-hybridized carbons (Fsp3) is 0.273. The third-order valence-electron chi connectivity index (χ3n) is 4.98. The standard InChI is InChI=1S/C22H22N4O4S/c1-29-17-7-5-16(6-8-17)21-24-18(15-31-21)22(28)30-14-20(27)26-12-10-25(11-13-26)19-4-2-3-9-23-19/h2-9,15H,10-14H2,1H3. The number of carbonyl (C=O) groups excluding carboxylic acids is 2. The number of esters is 1. The molecule has 1 aliphatic rings. The van der Waals surface area contributed by atoms with Crippen molar-refractivity contribution in [3.05, 3.63) is 59.7 Å². The summed E-state index contributed by atoms with van der Waals surface area (Å²) in [7, 11) is 1.61. The molecule has 1 aromatic carbocycles. The molecule has 0 bridgehead atoms. The Bertz CT molecular complexity index is 1030. The highest BCUT2D eigenvalue weighted by Gasteiger charge is 2.23. The second kappa shape index (κ2) is 9.57. The van der Waals surface area contributed by atoms with Gasteiger partial charge in [0, 0.05) is 43.3 Å². The van der Waals surface area contributed by atoms with Gasteiger partial charge in [-0.25, -0.2) is 14.8 Å². The van der Waals surface area contributed by atoms with Gasteiger partial charge in [-0.2, -0.15) is 0 Å². The molecule has 0 N–H and O–H groups in total. The zero-order valence-electron chi connectivity index (χ0n) is 17.1. The van der Waals surface area contributed by atoms with Gasteiger partial charge < -0.3 is 19.3 Å². The van der Waals surface area contributed by atoms with E-state index >= 15 is 0 Å². The van der Waals surface area contributed by atoms with Crippen LogP contribution < -0.4 is 9.64 Å². The van der Waals surface area contributed by atoms with E-state index in [-0.39, 0.29) is 18.2 Å². The third-order valence-corrected chi connectivity index (χ3v) is 5.87. The van der Waals surface area contributed by atoms with Crippen LogP contribution >= 0.6 is 11.3 Å². The summed E-state index contributed by atoms with van der Waals surface area (Å²) in [5.41, 5.74) is 1.08. The minimum absolute atomic E-state index is 0.198. The van der Waals surface area contributed by atoms with Crippen molar-refractivity contribution in [1.29, 1.82) is 0 Å². The summed E-state index contributed by atoms with van der Waals surface area (Å²) in [6.45, 7) is 2.20. The Hall–Kier alpha value is -3.46. The Labute approximate surface area is 184 Å². The monoisotopic (exact) mass is 438 g/mol. The maximum absolute atomic E-state index is 12.4. The van der Waals surface area contributed by atoms with Gasteiger partial charge >= 0.3 is 5.97 Å². The minimum Gasteiger partial charge on any atom is -0.497 e. The Morgan fingerprint density at radius 3 is 2.52 bits per heavy atom. The number of ether oxygens (including phenoxy) is 2. The molecule has 0 saturated carbocycles. The van der Waals surface area contributed by atoms with Crippen molar-refractivity contribution in [2.45, 2.75) is 0 Å². The van der Waals surface area contributed by atoms with E-state index in [9.17, 15) is 9.59 Å². The normalized spacial score (nSPS) is 13.7. The summed E-state index contributed by atoms with van der Waals surface area (Å²) in [5, 5.41) is 2.34. The Balaban J connectivity index is 1.27. The van der Waals surface area contributed by atoms with Crippen LogP contribution in [0.15, 0.2) is 54.0 Å². The van der Waals surface area contributed by atoms with Crippen molar-refractivity contribution >= 4 is 29.0 Å². The first kappa shape index (κ1) is 20.8. The first-order valence-corrected chi connectivity index (χ1v) is 10.7. The smallest absolute Gasteiger partial charge is 0.358 e.